The van der Waals surface area contributed by atoms with Gasteiger partial charge in [0.25, 0.3) is 6.47 Å². The number of rotatable bonds is 12. The van der Waals surface area contributed by atoms with Crippen molar-refractivity contribution in [3.63, 3.8) is 0 Å². The van der Waals surface area contributed by atoms with Gasteiger partial charge in [0.1, 0.15) is 6.61 Å². The zero-order chi connectivity index (χ0) is 26.2. The van der Waals surface area contributed by atoms with Crippen molar-refractivity contribution in [1.82, 2.24) is 0 Å². The topological polar surface area (TPSA) is 46.5 Å². The van der Waals surface area contributed by atoms with Gasteiger partial charge in [-0.1, -0.05) is 107 Å². The molecule has 3 heteroatoms. The van der Waals surface area contributed by atoms with Crippen LogP contribution in [0.1, 0.15) is 81.2 Å². The first-order valence-electron chi connectivity index (χ1n) is 13.1. The number of ether oxygens (including phenoxy) is 1. The molecule has 36 heavy (non-hydrogen) atoms. The standard InChI is InChI=1S/C33H40O3/c1-6-32(35,7-2)21-20-27-14-19-31(22-25(27)5)33(8-3,9-4)30-17-15-29(16-18-30)28-12-10-26(11-13-28)23-36-24-34/h10-22,24,35H,6-9,23H2,1-5H3. The van der Waals surface area contributed by atoms with Crippen LogP contribution in [0.15, 0.2) is 72.8 Å². The van der Waals surface area contributed by atoms with Gasteiger partial charge in [-0.3, -0.25) is 4.79 Å². The molecule has 3 aromatic rings. The van der Waals surface area contributed by atoms with Gasteiger partial charge in [-0.25, -0.2) is 0 Å². The molecule has 0 aliphatic carbocycles. The Morgan fingerprint density at radius 2 is 1.33 bits per heavy atom. The zero-order valence-electron chi connectivity index (χ0n) is 22.4. The van der Waals surface area contributed by atoms with Crippen molar-refractivity contribution in [2.45, 2.75) is 77.9 Å². The molecule has 0 spiro atoms. The fourth-order valence-corrected chi connectivity index (χ4v) is 5.03. The number of hydrogen-bond acceptors (Lipinski definition) is 3. The predicted molar refractivity (Wildman–Crippen MR) is 150 cm³/mol. The van der Waals surface area contributed by atoms with E-state index in [1.165, 1.54) is 22.3 Å². The SMILES string of the molecule is CCC(O)(C=Cc1ccc(C(CC)(CC)c2ccc(-c3ccc(COC=O)cc3)cc2)cc1C)CC. The fraction of sp³-hybridized carbons (Fsp3) is 0.364. The van der Waals surface area contributed by atoms with Crippen LogP contribution in [0, 0.1) is 6.92 Å². The van der Waals surface area contributed by atoms with E-state index in [4.69, 9.17) is 4.74 Å². The Balaban J connectivity index is 1.89. The average molecular weight is 485 g/mol. The number of aliphatic hydroxyl groups is 1. The lowest BCUT2D eigenvalue weighted by molar-refractivity contribution is -0.129. The van der Waals surface area contributed by atoms with Crippen LogP contribution in [-0.2, 0) is 21.6 Å². The van der Waals surface area contributed by atoms with E-state index < -0.39 is 5.60 Å². The first kappa shape index (κ1) is 27.4. The molecule has 3 nitrogen and oxygen atoms in total. The van der Waals surface area contributed by atoms with Gasteiger partial charge in [-0.2, -0.15) is 0 Å². The molecule has 0 saturated heterocycles. The summed E-state index contributed by atoms with van der Waals surface area (Å²) in [6.07, 6.45) is 7.45. The summed E-state index contributed by atoms with van der Waals surface area (Å²) in [6.45, 7) is 11.5. The molecular weight excluding hydrogens is 444 g/mol. The van der Waals surface area contributed by atoms with Crippen molar-refractivity contribution in [2.75, 3.05) is 0 Å². The molecule has 0 atom stereocenters. The lowest BCUT2D eigenvalue weighted by Gasteiger charge is -2.34. The second-order valence-electron chi connectivity index (χ2n) is 9.69. The molecule has 0 fully saturated rings. The second kappa shape index (κ2) is 12.2. The van der Waals surface area contributed by atoms with Gasteiger partial charge in [0.2, 0.25) is 0 Å². The summed E-state index contributed by atoms with van der Waals surface area (Å²) >= 11 is 0. The Labute approximate surface area is 216 Å². The summed E-state index contributed by atoms with van der Waals surface area (Å²) in [6, 6.07) is 23.8. The quantitative estimate of drug-likeness (QED) is 0.265. The molecular formula is C33H40O3. The monoisotopic (exact) mass is 484 g/mol. The average Bonchev–Trinajstić information content (AvgIpc) is 2.93. The van der Waals surface area contributed by atoms with Crippen LogP contribution in [0.3, 0.4) is 0 Å². The van der Waals surface area contributed by atoms with E-state index in [0.29, 0.717) is 25.9 Å². The number of benzene rings is 3. The van der Waals surface area contributed by atoms with E-state index in [9.17, 15) is 9.90 Å². The largest absolute Gasteiger partial charge is 0.463 e. The van der Waals surface area contributed by atoms with Crippen molar-refractivity contribution < 1.29 is 14.6 Å². The molecule has 190 valence electrons. The summed E-state index contributed by atoms with van der Waals surface area (Å²) in [5.74, 6) is 0. The Hall–Kier alpha value is -3.17. The molecule has 0 amide bonds. The summed E-state index contributed by atoms with van der Waals surface area (Å²) in [5, 5.41) is 10.6. The maximum Gasteiger partial charge on any atom is 0.293 e. The van der Waals surface area contributed by atoms with Crippen molar-refractivity contribution >= 4 is 12.5 Å². The predicted octanol–water partition coefficient (Wildman–Crippen LogP) is 8.01. The summed E-state index contributed by atoms with van der Waals surface area (Å²) < 4.78 is 4.84. The Morgan fingerprint density at radius 1 is 0.778 bits per heavy atom. The van der Waals surface area contributed by atoms with E-state index in [-0.39, 0.29) is 5.41 Å². The maximum atomic E-state index is 10.6. The highest BCUT2D eigenvalue weighted by Crippen LogP contribution is 2.40. The third-order valence-corrected chi connectivity index (χ3v) is 7.87. The van der Waals surface area contributed by atoms with Gasteiger partial charge in [0.05, 0.1) is 5.60 Å². The van der Waals surface area contributed by atoms with Crippen LogP contribution in [0.4, 0.5) is 0 Å². The van der Waals surface area contributed by atoms with Crippen LogP contribution in [-0.4, -0.2) is 17.2 Å². The molecule has 0 aromatic heterocycles. The van der Waals surface area contributed by atoms with Crippen LogP contribution < -0.4 is 0 Å². The van der Waals surface area contributed by atoms with Gasteiger partial charge in [-0.05, 0) is 71.6 Å². The molecule has 0 unspecified atom stereocenters. The minimum absolute atomic E-state index is 0.0604. The number of hydrogen-bond donors (Lipinski definition) is 1. The van der Waals surface area contributed by atoms with Crippen molar-refractivity contribution in [3.8, 4) is 11.1 Å². The Bertz CT molecular complexity index is 1150. The van der Waals surface area contributed by atoms with Crippen LogP contribution in [0.25, 0.3) is 17.2 Å². The van der Waals surface area contributed by atoms with Gasteiger partial charge in [-0.15, -0.1) is 0 Å². The number of carbonyl (C=O) groups is 1. The highest BCUT2D eigenvalue weighted by atomic mass is 16.5. The van der Waals surface area contributed by atoms with E-state index >= 15 is 0 Å². The normalized spacial score (nSPS) is 12.2. The molecule has 0 heterocycles. The van der Waals surface area contributed by atoms with E-state index in [0.717, 1.165) is 29.5 Å². The molecule has 0 aliphatic rings. The molecule has 0 saturated carbocycles. The fourth-order valence-electron chi connectivity index (χ4n) is 5.03. The number of aryl methyl sites for hydroxylation is 1. The molecule has 3 aromatic carbocycles. The van der Waals surface area contributed by atoms with Crippen molar-refractivity contribution in [1.29, 1.82) is 0 Å². The van der Waals surface area contributed by atoms with Gasteiger partial charge < -0.3 is 9.84 Å². The smallest absolute Gasteiger partial charge is 0.293 e. The lowest BCUT2D eigenvalue weighted by atomic mass is 9.70. The van der Waals surface area contributed by atoms with E-state index in [1.54, 1.807) is 0 Å². The maximum absolute atomic E-state index is 10.6. The van der Waals surface area contributed by atoms with Gasteiger partial charge in [0, 0.05) is 5.41 Å². The minimum atomic E-state index is -0.743. The Kier molecular flexibility index (Phi) is 9.28. The molecule has 1 N–H and O–H groups in total. The Morgan fingerprint density at radius 3 is 1.83 bits per heavy atom. The first-order valence-corrected chi connectivity index (χ1v) is 13.1. The van der Waals surface area contributed by atoms with E-state index in [1.807, 2.05) is 32.1 Å². The van der Waals surface area contributed by atoms with Crippen LogP contribution in [0.2, 0.25) is 0 Å². The zero-order valence-corrected chi connectivity index (χ0v) is 22.4. The minimum Gasteiger partial charge on any atom is -0.463 e. The third kappa shape index (κ3) is 5.96. The third-order valence-electron chi connectivity index (χ3n) is 7.87. The highest BCUT2D eigenvalue weighted by Gasteiger charge is 2.31. The molecule has 0 radical (unpaired) electrons. The molecule has 3 rings (SSSR count). The summed E-state index contributed by atoms with van der Waals surface area (Å²) in [4.78, 5) is 10.4. The van der Waals surface area contributed by atoms with Crippen LogP contribution in [0.5, 0.6) is 0 Å². The van der Waals surface area contributed by atoms with Gasteiger partial charge >= 0.3 is 0 Å². The second-order valence-corrected chi connectivity index (χ2v) is 9.69. The summed E-state index contributed by atoms with van der Waals surface area (Å²) in [5.41, 5.74) is 7.50. The molecule has 0 bridgehead atoms. The lowest BCUT2D eigenvalue weighted by Crippen LogP contribution is -2.26. The number of carbonyl (C=O) groups excluding carboxylic acids is 1. The summed E-state index contributed by atoms with van der Waals surface area (Å²) in [7, 11) is 0. The first-order chi connectivity index (χ1) is 17.3. The van der Waals surface area contributed by atoms with Crippen molar-refractivity contribution in [3.05, 3.63) is 101 Å². The van der Waals surface area contributed by atoms with Crippen LogP contribution >= 0.6 is 0 Å². The van der Waals surface area contributed by atoms with Crippen molar-refractivity contribution in [2.24, 2.45) is 0 Å². The molecule has 0 aliphatic heterocycles. The van der Waals surface area contributed by atoms with Gasteiger partial charge in [0.15, 0.2) is 0 Å². The van der Waals surface area contributed by atoms with E-state index in [2.05, 4.69) is 81.4 Å². The highest BCUT2D eigenvalue weighted by molar-refractivity contribution is 5.65.